The van der Waals surface area contributed by atoms with Crippen molar-refractivity contribution in [2.24, 2.45) is 0 Å². The molecule has 2 rings (SSSR count). The van der Waals surface area contributed by atoms with Crippen LogP contribution < -0.4 is 0 Å². The number of amides is 1. The number of halogens is 3. The lowest BCUT2D eigenvalue weighted by atomic mass is 10.1. The summed E-state index contributed by atoms with van der Waals surface area (Å²) in [5.74, 6) is -0.120. The van der Waals surface area contributed by atoms with Gasteiger partial charge in [-0.25, -0.2) is 0 Å². The molecule has 0 aromatic heterocycles. The Morgan fingerprint density at radius 3 is 2.48 bits per heavy atom. The highest BCUT2D eigenvalue weighted by Gasteiger charge is 2.18. The number of carbonyl (C=O) groups excluding carboxylic acids is 1. The first kappa shape index (κ1) is 16.3. The van der Waals surface area contributed by atoms with Crippen LogP contribution in [0.4, 0.5) is 0 Å². The third kappa shape index (κ3) is 4.47. The molecule has 0 radical (unpaired) electrons. The number of benzene rings is 2. The van der Waals surface area contributed by atoms with Crippen LogP contribution >= 0.6 is 39.1 Å². The first-order chi connectivity index (χ1) is 10.1. The summed E-state index contributed by atoms with van der Waals surface area (Å²) in [6.07, 6.45) is 0. The fourth-order valence-corrected chi connectivity index (χ4v) is 2.79. The van der Waals surface area contributed by atoms with Gasteiger partial charge in [0.2, 0.25) is 0 Å². The Hall–Kier alpha value is -1.03. The highest BCUT2D eigenvalue weighted by atomic mass is 79.9. The molecule has 0 N–H and O–H groups in total. The number of nitrogens with zero attached hydrogens (tertiary/aromatic N) is 1. The quantitative estimate of drug-likeness (QED) is 0.660. The SMILES string of the molecule is O=C(c1cc(Cl)ccc1Cl)N(CCBr)Cc1ccccc1. The third-order valence-corrected chi connectivity index (χ3v) is 3.94. The highest BCUT2D eigenvalue weighted by molar-refractivity contribution is 9.09. The maximum absolute atomic E-state index is 12.7. The molecule has 0 bridgehead atoms. The minimum Gasteiger partial charge on any atom is -0.333 e. The topological polar surface area (TPSA) is 20.3 Å². The van der Waals surface area contributed by atoms with E-state index in [1.807, 2.05) is 30.3 Å². The standard InChI is InChI=1S/C16H14BrCl2NO/c17-8-9-20(11-12-4-2-1-3-5-12)16(21)14-10-13(18)6-7-15(14)19/h1-7,10H,8-9,11H2. The van der Waals surface area contributed by atoms with Crippen LogP contribution in [0.25, 0.3) is 0 Å². The molecule has 0 aliphatic rings. The van der Waals surface area contributed by atoms with Gasteiger partial charge in [0.15, 0.2) is 0 Å². The van der Waals surface area contributed by atoms with Crippen molar-refractivity contribution in [3.63, 3.8) is 0 Å². The first-order valence-electron chi connectivity index (χ1n) is 6.46. The van der Waals surface area contributed by atoms with Crippen molar-refractivity contribution in [1.29, 1.82) is 0 Å². The molecule has 0 aliphatic carbocycles. The molecular formula is C16H14BrCl2NO. The van der Waals surface area contributed by atoms with Gasteiger partial charge in [-0.3, -0.25) is 4.79 Å². The number of carbonyl (C=O) groups is 1. The average Bonchev–Trinajstić information content (AvgIpc) is 2.49. The van der Waals surface area contributed by atoms with E-state index in [4.69, 9.17) is 23.2 Å². The fraction of sp³-hybridized carbons (Fsp3) is 0.188. The normalized spacial score (nSPS) is 10.4. The van der Waals surface area contributed by atoms with Crippen molar-refractivity contribution in [2.45, 2.75) is 6.54 Å². The zero-order chi connectivity index (χ0) is 15.2. The maximum Gasteiger partial charge on any atom is 0.255 e. The number of hydrogen-bond donors (Lipinski definition) is 0. The summed E-state index contributed by atoms with van der Waals surface area (Å²) in [6.45, 7) is 1.13. The van der Waals surface area contributed by atoms with E-state index in [0.717, 1.165) is 5.56 Å². The fourth-order valence-electron chi connectivity index (χ4n) is 1.99. The Morgan fingerprint density at radius 2 is 1.81 bits per heavy atom. The van der Waals surface area contributed by atoms with Crippen LogP contribution in [0.15, 0.2) is 48.5 Å². The van der Waals surface area contributed by atoms with Gasteiger partial charge in [-0.1, -0.05) is 69.5 Å². The van der Waals surface area contributed by atoms with Gasteiger partial charge in [0, 0.05) is 23.4 Å². The number of rotatable bonds is 5. The van der Waals surface area contributed by atoms with Gasteiger partial charge in [0.25, 0.3) is 5.91 Å². The van der Waals surface area contributed by atoms with Crippen LogP contribution in [0.3, 0.4) is 0 Å². The van der Waals surface area contributed by atoms with Gasteiger partial charge in [-0.05, 0) is 23.8 Å². The van der Waals surface area contributed by atoms with Gasteiger partial charge in [0.05, 0.1) is 10.6 Å². The van der Waals surface area contributed by atoms with E-state index in [-0.39, 0.29) is 5.91 Å². The summed E-state index contributed by atoms with van der Waals surface area (Å²) in [5.41, 5.74) is 1.51. The third-order valence-electron chi connectivity index (χ3n) is 3.02. The van der Waals surface area contributed by atoms with Crippen LogP contribution in [0.5, 0.6) is 0 Å². The first-order valence-corrected chi connectivity index (χ1v) is 8.34. The van der Waals surface area contributed by atoms with Crippen LogP contribution in [-0.2, 0) is 6.54 Å². The van der Waals surface area contributed by atoms with E-state index in [2.05, 4.69) is 15.9 Å². The monoisotopic (exact) mass is 385 g/mol. The Bertz CT molecular complexity index is 619. The predicted molar refractivity (Wildman–Crippen MR) is 91.4 cm³/mol. The summed E-state index contributed by atoms with van der Waals surface area (Å²) in [4.78, 5) is 14.4. The Labute approximate surface area is 142 Å². The van der Waals surface area contributed by atoms with E-state index >= 15 is 0 Å². The Kier molecular flexibility index (Phi) is 6.09. The lowest BCUT2D eigenvalue weighted by molar-refractivity contribution is 0.0755. The molecule has 0 unspecified atom stereocenters. The second-order valence-corrected chi connectivity index (χ2v) is 6.16. The summed E-state index contributed by atoms with van der Waals surface area (Å²) in [7, 11) is 0. The molecule has 0 spiro atoms. The molecule has 2 aromatic rings. The molecule has 0 atom stereocenters. The molecule has 110 valence electrons. The summed E-state index contributed by atoms with van der Waals surface area (Å²) in [6, 6.07) is 14.8. The summed E-state index contributed by atoms with van der Waals surface area (Å²) >= 11 is 15.5. The smallest absolute Gasteiger partial charge is 0.255 e. The van der Waals surface area contributed by atoms with Crippen molar-refractivity contribution in [1.82, 2.24) is 4.90 Å². The molecule has 0 saturated carbocycles. The van der Waals surface area contributed by atoms with E-state index in [1.54, 1.807) is 23.1 Å². The van der Waals surface area contributed by atoms with Gasteiger partial charge < -0.3 is 4.90 Å². The Morgan fingerprint density at radius 1 is 1.10 bits per heavy atom. The van der Waals surface area contributed by atoms with Crippen molar-refractivity contribution >= 4 is 45.0 Å². The van der Waals surface area contributed by atoms with Crippen molar-refractivity contribution in [2.75, 3.05) is 11.9 Å². The molecule has 1 amide bonds. The van der Waals surface area contributed by atoms with Crippen molar-refractivity contribution in [3.8, 4) is 0 Å². The van der Waals surface area contributed by atoms with Crippen LogP contribution in [0, 0.1) is 0 Å². The molecule has 0 aliphatic heterocycles. The summed E-state index contributed by atoms with van der Waals surface area (Å²) in [5, 5.41) is 1.61. The van der Waals surface area contributed by atoms with Crippen LogP contribution in [0.2, 0.25) is 10.0 Å². The molecule has 0 fully saturated rings. The lowest BCUT2D eigenvalue weighted by Crippen LogP contribution is -2.32. The zero-order valence-corrected chi connectivity index (χ0v) is 14.3. The molecule has 5 heteroatoms. The van der Waals surface area contributed by atoms with E-state index in [9.17, 15) is 4.79 Å². The lowest BCUT2D eigenvalue weighted by Gasteiger charge is -2.22. The van der Waals surface area contributed by atoms with Crippen LogP contribution in [0.1, 0.15) is 15.9 Å². The van der Waals surface area contributed by atoms with E-state index in [1.165, 1.54) is 0 Å². The van der Waals surface area contributed by atoms with Crippen molar-refractivity contribution < 1.29 is 4.79 Å². The largest absolute Gasteiger partial charge is 0.333 e. The van der Waals surface area contributed by atoms with Crippen LogP contribution in [-0.4, -0.2) is 22.7 Å². The van der Waals surface area contributed by atoms with Gasteiger partial charge in [-0.15, -0.1) is 0 Å². The molecule has 2 nitrogen and oxygen atoms in total. The number of hydrogen-bond acceptors (Lipinski definition) is 1. The molecule has 0 heterocycles. The molecular weight excluding hydrogens is 373 g/mol. The minimum atomic E-state index is -0.120. The maximum atomic E-state index is 12.7. The molecule has 21 heavy (non-hydrogen) atoms. The number of alkyl halides is 1. The second kappa shape index (κ2) is 7.83. The minimum absolute atomic E-state index is 0.120. The Balaban J connectivity index is 2.25. The van der Waals surface area contributed by atoms with Gasteiger partial charge in [-0.2, -0.15) is 0 Å². The zero-order valence-electron chi connectivity index (χ0n) is 11.2. The van der Waals surface area contributed by atoms with E-state index < -0.39 is 0 Å². The molecule has 0 saturated heterocycles. The van der Waals surface area contributed by atoms with E-state index in [0.29, 0.717) is 34.0 Å². The summed E-state index contributed by atoms with van der Waals surface area (Å²) < 4.78 is 0. The average molecular weight is 387 g/mol. The second-order valence-electron chi connectivity index (χ2n) is 4.53. The van der Waals surface area contributed by atoms with Gasteiger partial charge in [0.1, 0.15) is 0 Å². The van der Waals surface area contributed by atoms with Gasteiger partial charge >= 0.3 is 0 Å². The predicted octanol–water partition coefficient (Wildman–Crippen LogP) is 5.03. The highest BCUT2D eigenvalue weighted by Crippen LogP contribution is 2.23. The van der Waals surface area contributed by atoms with Crippen molar-refractivity contribution in [3.05, 3.63) is 69.7 Å². The molecule has 2 aromatic carbocycles.